The molecule has 0 aromatic carbocycles. The van der Waals surface area contributed by atoms with Gasteiger partial charge in [0.25, 0.3) is 0 Å². The van der Waals surface area contributed by atoms with Crippen LogP contribution in [0.3, 0.4) is 0 Å². The number of aromatic nitrogens is 1. The number of amides is 1. The summed E-state index contributed by atoms with van der Waals surface area (Å²) >= 11 is 0. The maximum atomic E-state index is 10.6. The third kappa shape index (κ3) is 2.91. The molecular weight excluding hydrogens is 166 g/mol. The zero-order chi connectivity index (χ0) is 9.68. The van der Waals surface area contributed by atoms with Crippen LogP contribution in [0.4, 0.5) is 0 Å². The van der Waals surface area contributed by atoms with Gasteiger partial charge in [0.1, 0.15) is 11.8 Å². The van der Waals surface area contributed by atoms with Gasteiger partial charge >= 0.3 is 0 Å². The number of hydrogen-bond donors (Lipinski definition) is 1. The molecule has 0 fully saturated rings. The highest BCUT2D eigenvalue weighted by molar-refractivity contribution is 5.72. The summed E-state index contributed by atoms with van der Waals surface area (Å²) in [6, 6.07) is 5.31. The van der Waals surface area contributed by atoms with E-state index in [4.69, 9.17) is 5.26 Å². The zero-order valence-corrected chi connectivity index (χ0v) is 7.24. The first kappa shape index (κ1) is 9.20. The normalized spacial score (nSPS) is 8.92. The van der Waals surface area contributed by atoms with Crippen molar-refractivity contribution in [1.82, 2.24) is 10.3 Å². The third-order valence-corrected chi connectivity index (χ3v) is 1.48. The third-order valence-electron chi connectivity index (χ3n) is 1.48. The van der Waals surface area contributed by atoms with Crippen molar-refractivity contribution in [2.45, 2.75) is 13.5 Å². The van der Waals surface area contributed by atoms with Gasteiger partial charge in [0.05, 0.1) is 0 Å². The lowest BCUT2D eigenvalue weighted by Crippen LogP contribution is -2.18. The summed E-state index contributed by atoms with van der Waals surface area (Å²) in [4.78, 5) is 14.4. The number of hydrogen-bond acceptors (Lipinski definition) is 3. The van der Waals surface area contributed by atoms with Crippen molar-refractivity contribution >= 4 is 5.91 Å². The van der Waals surface area contributed by atoms with Gasteiger partial charge in [0.2, 0.25) is 5.91 Å². The Labute approximate surface area is 76.2 Å². The SMILES string of the molecule is CC(=O)NCc1ccc(C#N)nc1. The molecule has 4 nitrogen and oxygen atoms in total. The van der Waals surface area contributed by atoms with Crippen molar-refractivity contribution in [3.8, 4) is 6.07 Å². The van der Waals surface area contributed by atoms with Crippen LogP contribution in [-0.4, -0.2) is 10.9 Å². The summed E-state index contributed by atoms with van der Waals surface area (Å²) in [6.45, 7) is 1.91. The highest BCUT2D eigenvalue weighted by atomic mass is 16.1. The Kier molecular flexibility index (Phi) is 2.98. The van der Waals surface area contributed by atoms with E-state index in [9.17, 15) is 4.79 Å². The van der Waals surface area contributed by atoms with Crippen molar-refractivity contribution in [2.75, 3.05) is 0 Å². The topological polar surface area (TPSA) is 65.8 Å². The van der Waals surface area contributed by atoms with Crippen LogP contribution in [0.2, 0.25) is 0 Å². The highest BCUT2D eigenvalue weighted by Gasteiger charge is 1.95. The lowest BCUT2D eigenvalue weighted by atomic mass is 10.2. The van der Waals surface area contributed by atoms with Crippen molar-refractivity contribution in [2.24, 2.45) is 0 Å². The molecule has 1 rings (SSSR count). The molecule has 0 aliphatic heterocycles. The average Bonchev–Trinajstić information content (AvgIpc) is 2.15. The average molecular weight is 175 g/mol. The lowest BCUT2D eigenvalue weighted by Gasteiger charge is -2.00. The molecule has 0 radical (unpaired) electrons. The Bertz CT molecular complexity index is 337. The summed E-state index contributed by atoms with van der Waals surface area (Å²) in [5, 5.41) is 11.1. The number of nitriles is 1. The maximum Gasteiger partial charge on any atom is 0.217 e. The zero-order valence-electron chi connectivity index (χ0n) is 7.24. The van der Waals surface area contributed by atoms with Crippen LogP contribution in [0.5, 0.6) is 0 Å². The minimum atomic E-state index is -0.0793. The van der Waals surface area contributed by atoms with E-state index in [1.54, 1.807) is 18.3 Å². The number of carbonyl (C=O) groups is 1. The summed E-state index contributed by atoms with van der Waals surface area (Å²) in [7, 11) is 0. The van der Waals surface area contributed by atoms with Gasteiger partial charge in [-0.25, -0.2) is 4.98 Å². The van der Waals surface area contributed by atoms with Gasteiger partial charge in [-0.05, 0) is 11.6 Å². The molecule has 0 atom stereocenters. The molecule has 0 spiro atoms. The van der Waals surface area contributed by atoms with E-state index in [1.807, 2.05) is 6.07 Å². The summed E-state index contributed by atoms with van der Waals surface area (Å²) in [6.07, 6.45) is 1.58. The Morgan fingerprint density at radius 3 is 2.92 bits per heavy atom. The fourth-order valence-electron chi connectivity index (χ4n) is 0.822. The van der Waals surface area contributed by atoms with Crippen LogP contribution >= 0.6 is 0 Å². The number of carbonyl (C=O) groups excluding carboxylic acids is 1. The molecule has 0 unspecified atom stereocenters. The Hall–Kier alpha value is -1.89. The second kappa shape index (κ2) is 4.21. The fraction of sp³-hybridized carbons (Fsp3) is 0.222. The van der Waals surface area contributed by atoms with Gasteiger partial charge in [0.15, 0.2) is 0 Å². The molecule has 1 amide bonds. The van der Waals surface area contributed by atoms with E-state index in [-0.39, 0.29) is 5.91 Å². The molecule has 0 saturated heterocycles. The second-order valence-corrected chi connectivity index (χ2v) is 2.57. The predicted octanol–water partition coefficient (Wildman–Crippen LogP) is 0.589. The Morgan fingerprint density at radius 2 is 2.46 bits per heavy atom. The summed E-state index contributed by atoms with van der Waals surface area (Å²) < 4.78 is 0. The number of pyridine rings is 1. The molecule has 13 heavy (non-hydrogen) atoms. The fourth-order valence-corrected chi connectivity index (χ4v) is 0.822. The van der Waals surface area contributed by atoms with Crippen molar-refractivity contribution in [3.05, 3.63) is 29.6 Å². The van der Waals surface area contributed by atoms with Crippen molar-refractivity contribution in [1.29, 1.82) is 5.26 Å². The molecule has 1 aromatic rings. The number of nitrogens with zero attached hydrogens (tertiary/aromatic N) is 2. The van der Waals surface area contributed by atoms with Crippen LogP contribution < -0.4 is 5.32 Å². The highest BCUT2D eigenvalue weighted by Crippen LogP contribution is 1.98. The van der Waals surface area contributed by atoms with Gasteiger partial charge in [-0.1, -0.05) is 6.07 Å². The smallest absolute Gasteiger partial charge is 0.217 e. The van der Waals surface area contributed by atoms with Gasteiger partial charge in [-0.3, -0.25) is 4.79 Å². The molecule has 1 N–H and O–H groups in total. The molecular formula is C9H9N3O. The second-order valence-electron chi connectivity index (χ2n) is 2.57. The van der Waals surface area contributed by atoms with E-state index < -0.39 is 0 Å². The molecule has 1 aromatic heterocycles. The number of nitrogens with one attached hydrogen (secondary N) is 1. The van der Waals surface area contributed by atoms with Gasteiger partial charge < -0.3 is 5.32 Å². The maximum absolute atomic E-state index is 10.6. The Morgan fingerprint density at radius 1 is 1.69 bits per heavy atom. The van der Waals surface area contributed by atoms with E-state index in [0.29, 0.717) is 12.2 Å². The lowest BCUT2D eigenvalue weighted by molar-refractivity contribution is -0.119. The summed E-state index contributed by atoms with van der Waals surface area (Å²) in [5.41, 5.74) is 1.26. The van der Waals surface area contributed by atoms with Crippen LogP contribution in [0, 0.1) is 11.3 Å². The van der Waals surface area contributed by atoms with Gasteiger partial charge in [-0.15, -0.1) is 0 Å². The van der Waals surface area contributed by atoms with E-state index in [0.717, 1.165) is 5.56 Å². The molecule has 0 aliphatic rings. The molecule has 66 valence electrons. The first-order chi connectivity index (χ1) is 6.22. The minimum absolute atomic E-state index is 0.0793. The van der Waals surface area contributed by atoms with Crippen LogP contribution in [0.1, 0.15) is 18.2 Å². The van der Waals surface area contributed by atoms with E-state index in [2.05, 4.69) is 10.3 Å². The predicted molar refractivity (Wildman–Crippen MR) is 46.5 cm³/mol. The van der Waals surface area contributed by atoms with Gasteiger partial charge in [-0.2, -0.15) is 5.26 Å². The quantitative estimate of drug-likeness (QED) is 0.715. The van der Waals surface area contributed by atoms with Gasteiger partial charge in [0, 0.05) is 19.7 Å². The first-order valence-electron chi connectivity index (χ1n) is 3.82. The molecule has 1 heterocycles. The standard InChI is InChI=1S/C9H9N3O/c1-7(13)11-5-8-2-3-9(4-10)12-6-8/h2-3,6H,5H2,1H3,(H,11,13). The largest absolute Gasteiger partial charge is 0.352 e. The van der Waals surface area contributed by atoms with E-state index in [1.165, 1.54) is 6.92 Å². The Balaban J connectivity index is 2.60. The molecule has 0 aliphatic carbocycles. The number of rotatable bonds is 2. The van der Waals surface area contributed by atoms with Crippen molar-refractivity contribution < 1.29 is 4.79 Å². The monoisotopic (exact) mass is 175 g/mol. The molecule has 0 bridgehead atoms. The molecule has 0 saturated carbocycles. The summed E-state index contributed by atoms with van der Waals surface area (Å²) in [5.74, 6) is -0.0793. The van der Waals surface area contributed by atoms with Crippen molar-refractivity contribution in [3.63, 3.8) is 0 Å². The van der Waals surface area contributed by atoms with E-state index >= 15 is 0 Å². The minimum Gasteiger partial charge on any atom is -0.352 e. The van der Waals surface area contributed by atoms with Crippen LogP contribution in [0.25, 0.3) is 0 Å². The van der Waals surface area contributed by atoms with Crippen LogP contribution in [0.15, 0.2) is 18.3 Å². The first-order valence-corrected chi connectivity index (χ1v) is 3.82. The van der Waals surface area contributed by atoms with Crippen LogP contribution in [-0.2, 0) is 11.3 Å². The molecule has 4 heteroatoms.